The molecule has 160 valence electrons. The molecule has 10 nitrogen and oxygen atoms in total. The Balaban J connectivity index is 2.91. The molecule has 3 amide bonds. The van der Waals surface area contributed by atoms with Crippen molar-refractivity contribution in [3.63, 3.8) is 0 Å². The number of carboxylic acids is 1. The summed E-state index contributed by atoms with van der Waals surface area (Å²) in [7, 11) is 0. The third kappa shape index (κ3) is 6.08. The van der Waals surface area contributed by atoms with Gasteiger partial charge in [0.25, 0.3) is 0 Å². The zero-order valence-electron chi connectivity index (χ0n) is 16.3. The molecule has 0 saturated carbocycles. The molecule has 1 rings (SSSR count). The van der Waals surface area contributed by atoms with E-state index in [1.165, 1.54) is 11.8 Å². The molecule has 28 heavy (non-hydrogen) atoms. The molecule has 5 atom stereocenters. The number of aliphatic hydroxyl groups is 1. The highest BCUT2D eigenvalue weighted by Crippen LogP contribution is 2.20. The highest BCUT2D eigenvalue weighted by Gasteiger charge is 2.40. The Hall–Kier alpha value is -1.85. The molecule has 0 aromatic heterocycles. The van der Waals surface area contributed by atoms with Crippen molar-refractivity contribution in [1.29, 1.82) is 0 Å². The van der Waals surface area contributed by atoms with Gasteiger partial charge in [0.15, 0.2) is 0 Å². The molecule has 0 aromatic carbocycles. The molecular weight excluding hydrogens is 388 g/mol. The molecule has 0 aliphatic carbocycles. The van der Waals surface area contributed by atoms with E-state index in [1.54, 1.807) is 13.8 Å². The number of carboxylic acid groups (broad SMARTS) is 1. The maximum Gasteiger partial charge on any atom is 0.327 e. The number of carbonyl (C=O) groups excluding carboxylic acids is 3. The summed E-state index contributed by atoms with van der Waals surface area (Å²) in [4.78, 5) is 50.0. The summed E-state index contributed by atoms with van der Waals surface area (Å²) in [5.74, 6) is -3.28. The zero-order valence-corrected chi connectivity index (χ0v) is 17.2. The fourth-order valence-electron chi connectivity index (χ4n) is 2.88. The smallest absolute Gasteiger partial charge is 0.327 e. The molecule has 6 N–H and O–H groups in total. The number of thiol groups is 1. The number of rotatable bonds is 9. The molecule has 11 heteroatoms. The molecule has 1 aliphatic heterocycles. The number of aliphatic carboxylic acids is 1. The minimum atomic E-state index is -1.26. The van der Waals surface area contributed by atoms with E-state index in [-0.39, 0.29) is 18.2 Å². The number of carbonyl (C=O) groups is 4. The van der Waals surface area contributed by atoms with Crippen molar-refractivity contribution in [3.05, 3.63) is 0 Å². The van der Waals surface area contributed by atoms with Crippen molar-refractivity contribution < 1.29 is 29.4 Å². The number of hydrogen-bond donors (Lipinski definition) is 6. The molecule has 1 fully saturated rings. The number of likely N-dealkylation sites (tertiary alicyclic amines) is 1. The van der Waals surface area contributed by atoms with Gasteiger partial charge in [-0.25, -0.2) is 4.79 Å². The van der Waals surface area contributed by atoms with Gasteiger partial charge in [0.2, 0.25) is 17.7 Å². The molecular formula is C17H30N4O6S. The lowest BCUT2D eigenvalue weighted by Crippen LogP contribution is -2.60. The third-order valence-electron chi connectivity index (χ3n) is 4.70. The van der Waals surface area contributed by atoms with Crippen LogP contribution in [0.1, 0.15) is 33.6 Å². The van der Waals surface area contributed by atoms with Crippen LogP contribution >= 0.6 is 12.6 Å². The van der Waals surface area contributed by atoms with E-state index in [2.05, 4.69) is 23.3 Å². The Morgan fingerprint density at radius 1 is 1.21 bits per heavy atom. The standard InChI is InChI=1S/C17H30N4O6S/c1-8(2)12(18)15(24)20-13(9(3)22)16(25)21-6-4-5-11(21)14(23)19-10(7-28)17(26)27/h8-13,22,28H,4-7,18H2,1-3H3,(H,19,23)(H,20,24)(H,26,27). The maximum atomic E-state index is 12.9. The molecule has 5 unspecified atom stereocenters. The monoisotopic (exact) mass is 418 g/mol. The SMILES string of the molecule is CC(C)C(N)C(=O)NC(C(=O)N1CCCC1C(=O)NC(CS)C(=O)O)C(C)O. The van der Waals surface area contributed by atoms with E-state index in [9.17, 15) is 24.3 Å². The second-order valence-corrected chi connectivity index (χ2v) is 7.63. The highest BCUT2D eigenvalue weighted by molar-refractivity contribution is 7.80. The first-order chi connectivity index (χ1) is 13.0. The van der Waals surface area contributed by atoms with Crippen LogP contribution in [0.15, 0.2) is 0 Å². The maximum absolute atomic E-state index is 12.9. The highest BCUT2D eigenvalue weighted by atomic mass is 32.1. The van der Waals surface area contributed by atoms with Gasteiger partial charge in [0.05, 0.1) is 12.1 Å². The van der Waals surface area contributed by atoms with Crippen LogP contribution in [-0.2, 0) is 19.2 Å². The van der Waals surface area contributed by atoms with Gasteiger partial charge in [0.1, 0.15) is 18.1 Å². The van der Waals surface area contributed by atoms with Crippen molar-refractivity contribution in [2.75, 3.05) is 12.3 Å². The van der Waals surface area contributed by atoms with Crippen molar-refractivity contribution >= 4 is 36.3 Å². The second kappa shape index (κ2) is 10.6. The largest absolute Gasteiger partial charge is 0.480 e. The summed E-state index contributed by atoms with van der Waals surface area (Å²) in [6.45, 7) is 5.12. The minimum Gasteiger partial charge on any atom is -0.480 e. The number of nitrogens with two attached hydrogens (primary N) is 1. The number of amides is 3. The van der Waals surface area contributed by atoms with Crippen LogP contribution in [0.3, 0.4) is 0 Å². The normalized spacial score (nSPS) is 21.0. The Labute approximate surface area is 169 Å². The van der Waals surface area contributed by atoms with Gasteiger partial charge in [-0.2, -0.15) is 12.6 Å². The van der Waals surface area contributed by atoms with Gasteiger partial charge in [-0.3, -0.25) is 14.4 Å². The van der Waals surface area contributed by atoms with Gasteiger partial charge in [0, 0.05) is 12.3 Å². The van der Waals surface area contributed by atoms with Crippen molar-refractivity contribution in [3.8, 4) is 0 Å². The lowest BCUT2D eigenvalue weighted by Gasteiger charge is -2.31. The van der Waals surface area contributed by atoms with Gasteiger partial charge < -0.3 is 31.5 Å². The van der Waals surface area contributed by atoms with Gasteiger partial charge in [-0.15, -0.1) is 0 Å². The Bertz CT molecular complexity index is 600. The van der Waals surface area contributed by atoms with Gasteiger partial charge >= 0.3 is 5.97 Å². The van der Waals surface area contributed by atoms with Gasteiger partial charge in [-0.05, 0) is 25.7 Å². The van der Waals surface area contributed by atoms with Crippen molar-refractivity contribution in [2.45, 2.75) is 63.9 Å². The van der Waals surface area contributed by atoms with E-state index in [4.69, 9.17) is 10.8 Å². The van der Waals surface area contributed by atoms with Crippen molar-refractivity contribution in [2.24, 2.45) is 11.7 Å². The molecule has 0 radical (unpaired) electrons. The summed E-state index contributed by atoms with van der Waals surface area (Å²) >= 11 is 3.90. The number of aliphatic hydroxyl groups excluding tert-OH is 1. The second-order valence-electron chi connectivity index (χ2n) is 7.27. The van der Waals surface area contributed by atoms with E-state index in [0.717, 1.165) is 0 Å². The van der Waals surface area contributed by atoms with Crippen LogP contribution < -0.4 is 16.4 Å². The molecule has 0 aromatic rings. The lowest BCUT2D eigenvalue weighted by atomic mass is 10.0. The van der Waals surface area contributed by atoms with Gasteiger partial charge in [-0.1, -0.05) is 13.8 Å². The Morgan fingerprint density at radius 2 is 1.82 bits per heavy atom. The first kappa shape index (κ1) is 24.2. The van der Waals surface area contributed by atoms with E-state index >= 15 is 0 Å². The number of hydrogen-bond acceptors (Lipinski definition) is 7. The summed E-state index contributed by atoms with van der Waals surface area (Å²) < 4.78 is 0. The Kier molecular flexibility index (Phi) is 9.18. The van der Waals surface area contributed by atoms with Crippen LogP contribution in [0.25, 0.3) is 0 Å². The van der Waals surface area contributed by atoms with Crippen LogP contribution in [0.5, 0.6) is 0 Å². The first-order valence-corrected chi connectivity index (χ1v) is 9.83. The summed E-state index contributed by atoms with van der Waals surface area (Å²) in [6, 6.07) is -4.17. The molecule has 0 spiro atoms. The molecule has 1 aliphatic rings. The topological polar surface area (TPSA) is 162 Å². The number of nitrogens with one attached hydrogen (secondary N) is 2. The lowest BCUT2D eigenvalue weighted by molar-refractivity contribution is -0.145. The molecule has 1 saturated heterocycles. The average Bonchev–Trinajstić information content (AvgIpc) is 3.11. The zero-order chi connectivity index (χ0) is 21.6. The minimum absolute atomic E-state index is 0.0960. The summed E-state index contributed by atoms with van der Waals surface area (Å²) in [6.07, 6.45) is -0.319. The van der Waals surface area contributed by atoms with E-state index < -0.39 is 54.0 Å². The van der Waals surface area contributed by atoms with Crippen molar-refractivity contribution in [1.82, 2.24) is 15.5 Å². The third-order valence-corrected chi connectivity index (χ3v) is 5.07. The fraction of sp³-hybridized carbons (Fsp3) is 0.765. The fourth-order valence-corrected chi connectivity index (χ4v) is 3.12. The van der Waals surface area contributed by atoms with Crippen LogP contribution in [0.4, 0.5) is 0 Å². The van der Waals surface area contributed by atoms with Crippen LogP contribution in [0.2, 0.25) is 0 Å². The van der Waals surface area contributed by atoms with E-state index in [1.807, 2.05) is 0 Å². The molecule has 1 heterocycles. The quantitative estimate of drug-likeness (QED) is 0.244. The van der Waals surface area contributed by atoms with Crippen LogP contribution in [0, 0.1) is 5.92 Å². The Morgan fingerprint density at radius 3 is 2.29 bits per heavy atom. The average molecular weight is 419 g/mol. The van der Waals surface area contributed by atoms with Crippen LogP contribution in [-0.4, -0.2) is 81.4 Å². The predicted octanol–water partition coefficient (Wildman–Crippen LogP) is -1.67. The van der Waals surface area contributed by atoms with E-state index in [0.29, 0.717) is 12.8 Å². The first-order valence-electron chi connectivity index (χ1n) is 9.19. The number of nitrogens with zero attached hydrogens (tertiary/aromatic N) is 1. The molecule has 0 bridgehead atoms. The predicted molar refractivity (Wildman–Crippen MR) is 105 cm³/mol. The summed E-state index contributed by atoms with van der Waals surface area (Å²) in [5.41, 5.74) is 5.79. The summed E-state index contributed by atoms with van der Waals surface area (Å²) in [5, 5.41) is 23.9.